The maximum absolute atomic E-state index is 13.6. The molecule has 0 radical (unpaired) electrons. The van der Waals surface area contributed by atoms with E-state index in [1.807, 2.05) is 20.8 Å². The Labute approximate surface area is 181 Å². The van der Waals surface area contributed by atoms with Crippen molar-refractivity contribution in [1.29, 1.82) is 0 Å². The molecule has 6 heteroatoms. The summed E-state index contributed by atoms with van der Waals surface area (Å²) in [6.45, 7) is 7.57. The first-order valence-corrected chi connectivity index (χ1v) is 10.6. The monoisotopic (exact) mass is 422 g/mol. The third kappa shape index (κ3) is 4.39. The zero-order valence-electron chi connectivity index (χ0n) is 18.0. The molecule has 162 valence electrons. The van der Waals surface area contributed by atoms with Gasteiger partial charge in [-0.1, -0.05) is 6.07 Å². The van der Waals surface area contributed by atoms with E-state index < -0.39 is 11.8 Å². The summed E-state index contributed by atoms with van der Waals surface area (Å²) in [5.41, 5.74) is 5.55. The molecule has 5 nitrogen and oxygen atoms in total. The quantitative estimate of drug-likeness (QED) is 0.547. The highest BCUT2D eigenvalue weighted by Crippen LogP contribution is 2.34. The number of carboxylic acid groups (broad SMARTS) is 1. The number of nitrogens with one attached hydrogen (secondary N) is 1. The highest BCUT2D eigenvalue weighted by molar-refractivity contribution is 5.94. The summed E-state index contributed by atoms with van der Waals surface area (Å²) in [4.78, 5) is 16.5. The van der Waals surface area contributed by atoms with Crippen molar-refractivity contribution in [3.63, 3.8) is 0 Å². The number of carboxylic acids is 1. The zero-order chi connectivity index (χ0) is 22.1. The lowest BCUT2D eigenvalue weighted by Gasteiger charge is -2.25. The smallest absolute Gasteiger partial charge is 0.337 e. The van der Waals surface area contributed by atoms with E-state index in [-0.39, 0.29) is 11.6 Å². The van der Waals surface area contributed by atoms with Crippen molar-refractivity contribution in [1.82, 2.24) is 4.98 Å². The van der Waals surface area contributed by atoms with Crippen LogP contribution >= 0.6 is 0 Å². The molecule has 2 aromatic carbocycles. The first-order valence-electron chi connectivity index (χ1n) is 10.6. The van der Waals surface area contributed by atoms with Crippen LogP contribution in [0.3, 0.4) is 0 Å². The van der Waals surface area contributed by atoms with Crippen molar-refractivity contribution in [2.75, 3.05) is 18.5 Å². The van der Waals surface area contributed by atoms with Crippen LogP contribution in [-0.4, -0.2) is 29.3 Å². The van der Waals surface area contributed by atoms with Crippen LogP contribution in [0.5, 0.6) is 0 Å². The molecular weight excluding hydrogens is 395 g/mol. The predicted octanol–water partition coefficient (Wildman–Crippen LogP) is 5.76. The SMILES string of the molecule is Cc1cc([C@H](C)Nc2ccc(F)cc2C(=O)O)c2cc([C@@H]3CCCOC3)c(C)nc2c1. The standard InChI is InChI=1S/C25H27FN2O3/c1-14-9-20(16(3)27-23-7-6-18(26)11-22(23)25(29)30)21-12-19(15(2)28-24(21)10-14)17-5-4-8-31-13-17/h6-7,9-12,16-17,27H,4-5,8,13H2,1-3H3,(H,29,30)/t16-,17+/m0/s1. The van der Waals surface area contributed by atoms with Crippen LogP contribution in [0.15, 0.2) is 36.4 Å². The van der Waals surface area contributed by atoms with Gasteiger partial charge in [0.15, 0.2) is 0 Å². The average Bonchev–Trinajstić information content (AvgIpc) is 2.74. The maximum Gasteiger partial charge on any atom is 0.337 e. The lowest BCUT2D eigenvalue weighted by molar-refractivity contribution is 0.0697. The van der Waals surface area contributed by atoms with Gasteiger partial charge in [0.1, 0.15) is 5.82 Å². The number of rotatable bonds is 5. The Hall–Kier alpha value is -2.99. The summed E-state index contributed by atoms with van der Waals surface area (Å²) >= 11 is 0. The number of ether oxygens (including phenoxy) is 1. The van der Waals surface area contributed by atoms with Gasteiger partial charge < -0.3 is 15.2 Å². The molecule has 0 aliphatic carbocycles. The summed E-state index contributed by atoms with van der Waals surface area (Å²) in [7, 11) is 0. The van der Waals surface area contributed by atoms with Gasteiger partial charge in [-0.2, -0.15) is 0 Å². The number of hydrogen-bond acceptors (Lipinski definition) is 4. The number of pyridine rings is 1. The van der Waals surface area contributed by atoms with Crippen molar-refractivity contribution < 1.29 is 19.0 Å². The van der Waals surface area contributed by atoms with E-state index in [9.17, 15) is 14.3 Å². The van der Waals surface area contributed by atoms with Crippen LogP contribution in [-0.2, 0) is 4.74 Å². The van der Waals surface area contributed by atoms with Gasteiger partial charge >= 0.3 is 5.97 Å². The number of aryl methyl sites for hydroxylation is 2. The fraction of sp³-hybridized carbons (Fsp3) is 0.360. The van der Waals surface area contributed by atoms with E-state index in [0.717, 1.165) is 53.2 Å². The minimum absolute atomic E-state index is 0.0854. The molecular formula is C25H27FN2O3. The summed E-state index contributed by atoms with van der Waals surface area (Å²) in [5.74, 6) is -1.41. The topological polar surface area (TPSA) is 71.5 Å². The Morgan fingerprint density at radius 1 is 1.26 bits per heavy atom. The second-order valence-corrected chi connectivity index (χ2v) is 8.36. The molecule has 4 rings (SSSR count). The maximum atomic E-state index is 13.6. The molecule has 2 N–H and O–H groups in total. The van der Waals surface area contributed by atoms with Gasteiger partial charge in [-0.25, -0.2) is 9.18 Å². The number of fused-ring (bicyclic) bond motifs is 1. The number of hydrogen-bond donors (Lipinski definition) is 2. The second-order valence-electron chi connectivity index (χ2n) is 8.36. The van der Waals surface area contributed by atoms with E-state index in [1.54, 1.807) is 0 Å². The summed E-state index contributed by atoms with van der Waals surface area (Å²) in [5, 5.41) is 13.8. The molecule has 2 atom stereocenters. The normalized spacial score (nSPS) is 17.5. The van der Waals surface area contributed by atoms with Crippen LogP contribution in [0.25, 0.3) is 10.9 Å². The number of carbonyl (C=O) groups is 1. The minimum Gasteiger partial charge on any atom is -0.478 e. The molecule has 0 amide bonds. The summed E-state index contributed by atoms with van der Waals surface area (Å²) < 4.78 is 19.3. The molecule has 31 heavy (non-hydrogen) atoms. The van der Waals surface area contributed by atoms with Crippen LogP contribution in [0.1, 0.15) is 64.5 Å². The van der Waals surface area contributed by atoms with E-state index in [0.29, 0.717) is 18.2 Å². The van der Waals surface area contributed by atoms with Crippen molar-refractivity contribution in [3.05, 3.63) is 70.2 Å². The van der Waals surface area contributed by atoms with Crippen LogP contribution in [0, 0.1) is 19.7 Å². The number of aromatic carboxylic acids is 1. The molecule has 1 aliphatic heterocycles. The Balaban J connectivity index is 1.76. The Morgan fingerprint density at radius 3 is 2.77 bits per heavy atom. The molecule has 1 aromatic heterocycles. The van der Waals surface area contributed by atoms with Crippen molar-refractivity contribution in [2.24, 2.45) is 0 Å². The number of halogens is 1. The Kier molecular flexibility index (Phi) is 5.92. The van der Waals surface area contributed by atoms with Gasteiger partial charge in [-0.05, 0) is 80.6 Å². The third-order valence-corrected chi connectivity index (χ3v) is 5.99. The number of aromatic nitrogens is 1. The number of anilines is 1. The number of nitrogens with zero attached hydrogens (tertiary/aromatic N) is 1. The van der Waals surface area contributed by atoms with Gasteiger partial charge in [0.2, 0.25) is 0 Å². The van der Waals surface area contributed by atoms with Crippen molar-refractivity contribution in [3.8, 4) is 0 Å². The first kappa shape index (κ1) is 21.2. The lowest BCUT2D eigenvalue weighted by Crippen LogP contribution is -2.17. The fourth-order valence-corrected chi connectivity index (χ4v) is 4.45. The van der Waals surface area contributed by atoms with E-state index in [1.165, 1.54) is 17.7 Å². The van der Waals surface area contributed by atoms with Crippen LogP contribution in [0.4, 0.5) is 10.1 Å². The summed E-state index contributed by atoms with van der Waals surface area (Å²) in [6, 6.07) is 9.96. The Morgan fingerprint density at radius 2 is 2.06 bits per heavy atom. The molecule has 0 spiro atoms. The highest BCUT2D eigenvalue weighted by atomic mass is 19.1. The molecule has 0 bridgehead atoms. The fourth-order valence-electron chi connectivity index (χ4n) is 4.45. The van der Waals surface area contributed by atoms with E-state index in [4.69, 9.17) is 9.72 Å². The van der Waals surface area contributed by atoms with E-state index in [2.05, 4.69) is 23.5 Å². The van der Waals surface area contributed by atoms with Gasteiger partial charge in [0.25, 0.3) is 0 Å². The third-order valence-electron chi connectivity index (χ3n) is 5.99. The summed E-state index contributed by atoms with van der Waals surface area (Å²) in [6.07, 6.45) is 2.13. The van der Waals surface area contributed by atoms with Gasteiger partial charge in [-0.3, -0.25) is 4.98 Å². The van der Waals surface area contributed by atoms with Crippen molar-refractivity contribution >= 4 is 22.6 Å². The van der Waals surface area contributed by atoms with E-state index >= 15 is 0 Å². The molecule has 2 heterocycles. The highest BCUT2D eigenvalue weighted by Gasteiger charge is 2.21. The number of benzene rings is 2. The molecule has 1 aliphatic rings. The van der Waals surface area contributed by atoms with Crippen LogP contribution < -0.4 is 5.32 Å². The van der Waals surface area contributed by atoms with Gasteiger partial charge in [0, 0.05) is 35.3 Å². The molecule has 0 saturated carbocycles. The molecule has 1 saturated heterocycles. The Bertz CT molecular complexity index is 1140. The van der Waals surface area contributed by atoms with Crippen molar-refractivity contribution in [2.45, 2.75) is 45.6 Å². The minimum atomic E-state index is -1.17. The average molecular weight is 423 g/mol. The lowest BCUT2D eigenvalue weighted by atomic mass is 9.89. The molecule has 1 fully saturated rings. The first-order chi connectivity index (χ1) is 14.8. The second kappa shape index (κ2) is 8.63. The predicted molar refractivity (Wildman–Crippen MR) is 119 cm³/mol. The van der Waals surface area contributed by atoms with Gasteiger partial charge in [-0.15, -0.1) is 0 Å². The van der Waals surface area contributed by atoms with Gasteiger partial charge in [0.05, 0.1) is 17.7 Å². The largest absolute Gasteiger partial charge is 0.478 e. The molecule has 3 aromatic rings. The zero-order valence-corrected chi connectivity index (χ0v) is 18.0. The van der Waals surface area contributed by atoms with Crippen LogP contribution in [0.2, 0.25) is 0 Å². The molecule has 0 unspecified atom stereocenters.